The lowest BCUT2D eigenvalue weighted by atomic mass is 9.86. The third kappa shape index (κ3) is 3.02. The Balaban J connectivity index is 2.12. The fraction of sp³-hybridized carbons (Fsp3) is 0.600. The minimum absolute atomic E-state index is 0.0451. The molecule has 0 amide bonds. The van der Waals surface area contributed by atoms with Gasteiger partial charge >= 0.3 is 0 Å². The van der Waals surface area contributed by atoms with Crippen LogP contribution in [0.1, 0.15) is 45.1 Å². The van der Waals surface area contributed by atoms with Gasteiger partial charge in [-0.2, -0.15) is 5.26 Å². The van der Waals surface area contributed by atoms with Gasteiger partial charge in [0.25, 0.3) is 0 Å². The highest BCUT2D eigenvalue weighted by atomic mass is 16.5. The van der Waals surface area contributed by atoms with Gasteiger partial charge < -0.3 is 15.8 Å². The van der Waals surface area contributed by atoms with E-state index in [4.69, 9.17) is 15.7 Å². The highest BCUT2D eigenvalue weighted by Gasteiger charge is 2.34. The van der Waals surface area contributed by atoms with E-state index in [1.807, 2.05) is 0 Å². The summed E-state index contributed by atoms with van der Waals surface area (Å²) in [6.45, 7) is 5.07. The van der Waals surface area contributed by atoms with Crippen molar-refractivity contribution in [3.63, 3.8) is 0 Å². The molecule has 1 aliphatic heterocycles. The first-order chi connectivity index (χ1) is 9.62. The van der Waals surface area contributed by atoms with Crippen LogP contribution < -0.4 is 11.1 Å². The SMILES string of the molecule is CCC1(CC)CC(Nc2ncc(N)cc2C#N)CCO1. The first-order valence-corrected chi connectivity index (χ1v) is 7.18. The number of hydrogen-bond acceptors (Lipinski definition) is 5. The summed E-state index contributed by atoms with van der Waals surface area (Å²) in [5, 5.41) is 12.5. The molecule has 2 rings (SSSR count). The number of pyridine rings is 1. The Labute approximate surface area is 120 Å². The fourth-order valence-corrected chi connectivity index (χ4v) is 2.77. The van der Waals surface area contributed by atoms with Crippen LogP contribution >= 0.6 is 0 Å². The third-order valence-electron chi connectivity index (χ3n) is 4.15. The molecule has 5 heteroatoms. The van der Waals surface area contributed by atoms with Crippen molar-refractivity contribution < 1.29 is 4.74 Å². The van der Waals surface area contributed by atoms with Gasteiger partial charge in [-0.05, 0) is 31.7 Å². The zero-order chi connectivity index (χ0) is 14.6. The maximum absolute atomic E-state index is 9.16. The molecule has 1 saturated heterocycles. The molecule has 0 radical (unpaired) electrons. The average molecular weight is 274 g/mol. The topological polar surface area (TPSA) is 84.0 Å². The van der Waals surface area contributed by atoms with Crippen LogP contribution in [0, 0.1) is 11.3 Å². The summed E-state index contributed by atoms with van der Waals surface area (Å²) >= 11 is 0. The second-order valence-electron chi connectivity index (χ2n) is 5.35. The zero-order valence-electron chi connectivity index (χ0n) is 12.1. The van der Waals surface area contributed by atoms with Crippen LogP contribution in [0.5, 0.6) is 0 Å². The summed E-state index contributed by atoms with van der Waals surface area (Å²) in [5.41, 5.74) is 6.62. The lowest BCUT2D eigenvalue weighted by molar-refractivity contribution is -0.0864. The summed E-state index contributed by atoms with van der Waals surface area (Å²) < 4.78 is 5.96. The van der Waals surface area contributed by atoms with Crippen LogP contribution in [0.15, 0.2) is 12.3 Å². The summed E-state index contributed by atoms with van der Waals surface area (Å²) in [7, 11) is 0. The standard InChI is InChI=1S/C15H22N4O/c1-3-15(4-2)8-13(5-6-20-15)19-14-11(9-16)7-12(17)10-18-14/h7,10,13H,3-6,8,17H2,1-2H3,(H,18,19). The van der Waals surface area contributed by atoms with Gasteiger partial charge in [0.05, 0.1) is 23.0 Å². The normalized spacial score (nSPS) is 21.1. The van der Waals surface area contributed by atoms with Crippen LogP contribution in [0.3, 0.4) is 0 Å². The Morgan fingerprint density at radius 2 is 2.30 bits per heavy atom. The smallest absolute Gasteiger partial charge is 0.144 e. The highest BCUT2D eigenvalue weighted by Crippen LogP contribution is 2.32. The van der Waals surface area contributed by atoms with E-state index in [0.29, 0.717) is 17.1 Å². The number of rotatable bonds is 4. The van der Waals surface area contributed by atoms with Gasteiger partial charge in [0.2, 0.25) is 0 Å². The molecule has 0 aliphatic carbocycles. The Kier molecular flexibility index (Phi) is 4.46. The fourth-order valence-electron chi connectivity index (χ4n) is 2.77. The molecule has 5 nitrogen and oxygen atoms in total. The molecule has 1 unspecified atom stereocenters. The van der Waals surface area contributed by atoms with E-state index < -0.39 is 0 Å². The molecule has 3 N–H and O–H groups in total. The molecule has 0 saturated carbocycles. The van der Waals surface area contributed by atoms with E-state index in [-0.39, 0.29) is 11.6 Å². The van der Waals surface area contributed by atoms with Gasteiger partial charge in [-0.1, -0.05) is 13.8 Å². The molecule has 1 atom stereocenters. The van der Waals surface area contributed by atoms with E-state index in [1.54, 1.807) is 12.3 Å². The van der Waals surface area contributed by atoms with E-state index >= 15 is 0 Å². The lowest BCUT2D eigenvalue weighted by Gasteiger charge is -2.40. The molecule has 108 valence electrons. The maximum Gasteiger partial charge on any atom is 0.144 e. The van der Waals surface area contributed by atoms with E-state index in [1.165, 1.54) is 0 Å². The number of nitrogens with zero attached hydrogens (tertiary/aromatic N) is 2. The number of hydrogen-bond donors (Lipinski definition) is 2. The molecule has 0 bridgehead atoms. The Bertz CT molecular complexity index is 505. The van der Waals surface area contributed by atoms with Crippen molar-refractivity contribution in [1.82, 2.24) is 4.98 Å². The number of nitrogens with one attached hydrogen (secondary N) is 1. The first kappa shape index (κ1) is 14.6. The first-order valence-electron chi connectivity index (χ1n) is 7.18. The van der Waals surface area contributed by atoms with Crippen LogP contribution in [0.25, 0.3) is 0 Å². The van der Waals surface area contributed by atoms with Gasteiger partial charge in [-0.3, -0.25) is 0 Å². The van der Waals surface area contributed by atoms with E-state index in [0.717, 1.165) is 32.3 Å². The van der Waals surface area contributed by atoms with E-state index in [9.17, 15) is 0 Å². The summed E-state index contributed by atoms with van der Waals surface area (Å²) in [6, 6.07) is 4.08. The summed E-state index contributed by atoms with van der Waals surface area (Å²) in [5.74, 6) is 0.620. The third-order valence-corrected chi connectivity index (χ3v) is 4.15. The van der Waals surface area contributed by atoms with Crippen molar-refractivity contribution in [2.24, 2.45) is 0 Å². The molecule has 0 spiro atoms. The molecule has 1 aromatic heterocycles. The number of nitriles is 1. The van der Waals surface area contributed by atoms with Crippen LogP contribution in [0.4, 0.5) is 11.5 Å². The number of anilines is 2. The van der Waals surface area contributed by atoms with Crippen molar-refractivity contribution in [2.45, 2.75) is 51.2 Å². The van der Waals surface area contributed by atoms with Gasteiger partial charge in [0.15, 0.2) is 0 Å². The van der Waals surface area contributed by atoms with Crippen LogP contribution in [-0.2, 0) is 4.74 Å². The van der Waals surface area contributed by atoms with Gasteiger partial charge in [0.1, 0.15) is 11.9 Å². The van der Waals surface area contributed by atoms with Crippen molar-refractivity contribution in [3.8, 4) is 6.07 Å². The molecule has 2 heterocycles. The molecule has 20 heavy (non-hydrogen) atoms. The summed E-state index contributed by atoms with van der Waals surface area (Å²) in [6.07, 6.45) is 5.45. The second-order valence-corrected chi connectivity index (χ2v) is 5.35. The quantitative estimate of drug-likeness (QED) is 0.881. The second kappa shape index (κ2) is 6.10. The van der Waals surface area contributed by atoms with Gasteiger partial charge in [0, 0.05) is 12.6 Å². The number of nitrogen functional groups attached to an aromatic ring is 1. The maximum atomic E-state index is 9.16. The monoisotopic (exact) mass is 274 g/mol. The Hall–Kier alpha value is -1.80. The van der Waals surface area contributed by atoms with Crippen molar-refractivity contribution in [3.05, 3.63) is 17.8 Å². The Morgan fingerprint density at radius 1 is 1.55 bits per heavy atom. The van der Waals surface area contributed by atoms with Gasteiger partial charge in [-0.15, -0.1) is 0 Å². The van der Waals surface area contributed by atoms with Crippen LogP contribution in [0.2, 0.25) is 0 Å². The molecule has 1 aliphatic rings. The molecular weight excluding hydrogens is 252 g/mol. The number of aromatic nitrogens is 1. The number of ether oxygens (including phenoxy) is 1. The predicted molar refractivity (Wildman–Crippen MR) is 79.3 cm³/mol. The largest absolute Gasteiger partial charge is 0.397 e. The van der Waals surface area contributed by atoms with Crippen molar-refractivity contribution in [2.75, 3.05) is 17.7 Å². The number of nitrogens with two attached hydrogens (primary N) is 1. The zero-order valence-corrected chi connectivity index (χ0v) is 12.1. The van der Waals surface area contributed by atoms with Gasteiger partial charge in [-0.25, -0.2) is 4.98 Å². The minimum Gasteiger partial charge on any atom is -0.397 e. The average Bonchev–Trinajstić information content (AvgIpc) is 2.49. The Morgan fingerprint density at radius 3 is 2.95 bits per heavy atom. The molecule has 1 aromatic rings. The minimum atomic E-state index is -0.0451. The molecular formula is C15H22N4O. The van der Waals surface area contributed by atoms with Crippen LogP contribution in [-0.4, -0.2) is 23.2 Å². The highest BCUT2D eigenvalue weighted by molar-refractivity contribution is 5.57. The predicted octanol–water partition coefficient (Wildman–Crippen LogP) is 2.69. The molecule has 0 aromatic carbocycles. The summed E-state index contributed by atoms with van der Waals surface area (Å²) in [4.78, 5) is 4.24. The van der Waals surface area contributed by atoms with Crippen molar-refractivity contribution >= 4 is 11.5 Å². The molecule has 1 fully saturated rings. The lowest BCUT2D eigenvalue weighted by Crippen LogP contribution is -2.43. The van der Waals surface area contributed by atoms with Crippen molar-refractivity contribution in [1.29, 1.82) is 5.26 Å². The van der Waals surface area contributed by atoms with E-state index in [2.05, 4.69) is 30.2 Å².